The molecule has 0 spiro atoms. The molecule has 7 heteroatoms. The highest BCUT2D eigenvalue weighted by atomic mass is 32.1. The van der Waals surface area contributed by atoms with Gasteiger partial charge in [0.15, 0.2) is 6.04 Å². The van der Waals surface area contributed by atoms with Crippen molar-refractivity contribution in [1.82, 2.24) is 9.88 Å². The zero-order chi connectivity index (χ0) is 16.4. The molecule has 2 aromatic heterocycles. The minimum absolute atomic E-state index is 0.0144. The quantitative estimate of drug-likeness (QED) is 0.930. The highest BCUT2D eigenvalue weighted by Gasteiger charge is 2.33. The number of thiophene rings is 1. The fraction of sp³-hybridized carbons (Fsp3) is 0.312. The van der Waals surface area contributed by atoms with Crippen molar-refractivity contribution in [2.24, 2.45) is 0 Å². The van der Waals surface area contributed by atoms with Crippen LogP contribution in [0.4, 0.5) is 0 Å². The smallest absolute Gasteiger partial charge is 0.328 e. The number of morpholine rings is 1. The fourth-order valence-electron chi connectivity index (χ4n) is 2.56. The number of hydrogen-bond acceptors (Lipinski definition) is 5. The number of nitrogens with zero attached hydrogens (tertiary/aromatic N) is 2. The van der Waals surface area contributed by atoms with E-state index in [0.717, 1.165) is 11.3 Å². The molecule has 0 radical (unpaired) electrons. The predicted octanol–water partition coefficient (Wildman–Crippen LogP) is 2.04. The molecule has 1 N–H and O–H groups in total. The molecule has 3 rings (SSSR count). The van der Waals surface area contributed by atoms with Gasteiger partial charge in [-0.25, -0.2) is 4.79 Å². The second kappa shape index (κ2) is 6.47. The van der Waals surface area contributed by atoms with Gasteiger partial charge in [-0.3, -0.25) is 9.78 Å². The van der Waals surface area contributed by atoms with Crippen LogP contribution in [0.2, 0.25) is 0 Å². The van der Waals surface area contributed by atoms with Gasteiger partial charge >= 0.3 is 5.97 Å². The van der Waals surface area contributed by atoms with Crippen LogP contribution in [0.5, 0.6) is 0 Å². The van der Waals surface area contributed by atoms with Gasteiger partial charge in [0.1, 0.15) is 0 Å². The van der Waals surface area contributed by atoms with Gasteiger partial charge in [-0.1, -0.05) is 0 Å². The summed E-state index contributed by atoms with van der Waals surface area (Å²) in [7, 11) is 0. The number of ether oxygens (including phenoxy) is 1. The van der Waals surface area contributed by atoms with E-state index in [1.807, 2.05) is 16.8 Å². The van der Waals surface area contributed by atoms with Crippen LogP contribution in [0, 0.1) is 6.92 Å². The second-order valence-corrected chi connectivity index (χ2v) is 6.05. The van der Waals surface area contributed by atoms with Crippen molar-refractivity contribution in [3.05, 3.63) is 40.2 Å². The maximum atomic E-state index is 12.7. The predicted molar refractivity (Wildman–Crippen MR) is 85.6 cm³/mol. The van der Waals surface area contributed by atoms with Gasteiger partial charge in [0.05, 0.1) is 30.2 Å². The topological polar surface area (TPSA) is 79.7 Å². The number of aliphatic carboxylic acids is 1. The largest absolute Gasteiger partial charge is 0.480 e. The van der Waals surface area contributed by atoms with Crippen LogP contribution in [0.3, 0.4) is 0 Å². The Morgan fingerprint density at radius 1 is 1.39 bits per heavy atom. The third-order valence-electron chi connectivity index (χ3n) is 3.81. The zero-order valence-electron chi connectivity index (χ0n) is 12.6. The first-order valence-corrected chi connectivity index (χ1v) is 8.14. The summed E-state index contributed by atoms with van der Waals surface area (Å²) in [4.78, 5) is 29.8. The number of amides is 1. The van der Waals surface area contributed by atoms with Crippen molar-refractivity contribution in [2.45, 2.75) is 13.0 Å². The zero-order valence-corrected chi connectivity index (χ0v) is 13.4. The Morgan fingerprint density at radius 3 is 2.87 bits per heavy atom. The van der Waals surface area contributed by atoms with Crippen LogP contribution < -0.4 is 0 Å². The molecule has 1 amide bonds. The van der Waals surface area contributed by atoms with Crippen molar-refractivity contribution in [1.29, 1.82) is 0 Å². The molecule has 2 aromatic rings. The number of rotatable bonds is 3. The van der Waals surface area contributed by atoms with E-state index in [-0.39, 0.29) is 19.1 Å². The van der Waals surface area contributed by atoms with Crippen molar-refractivity contribution >= 4 is 23.2 Å². The molecule has 23 heavy (non-hydrogen) atoms. The molecule has 1 atom stereocenters. The van der Waals surface area contributed by atoms with E-state index < -0.39 is 12.0 Å². The number of carboxylic acid groups (broad SMARTS) is 1. The lowest BCUT2D eigenvalue weighted by molar-refractivity contribution is -0.147. The highest BCUT2D eigenvalue weighted by Crippen LogP contribution is 2.23. The van der Waals surface area contributed by atoms with E-state index in [4.69, 9.17) is 4.74 Å². The molecule has 3 heterocycles. The minimum atomic E-state index is -1.06. The number of aryl methyl sites for hydroxylation is 1. The number of pyridine rings is 1. The molecule has 1 aliphatic rings. The van der Waals surface area contributed by atoms with Crippen molar-refractivity contribution < 1.29 is 19.4 Å². The van der Waals surface area contributed by atoms with Crippen molar-refractivity contribution in [3.63, 3.8) is 0 Å². The minimum Gasteiger partial charge on any atom is -0.480 e. The average molecular weight is 332 g/mol. The molecule has 0 saturated carbocycles. The molecule has 120 valence electrons. The first kappa shape index (κ1) is 15.6. The number of aromatic nitrogens is 1. The SMILES string of the molecule is Cc1nc(-c2ccsc2)ccc1C(=O)N1CCOCC1C(=O)O. The summed E-state index contributed by atoms with van der Waals surface area (Å²) in [5.74, 6) is -1.37. The lowest BCUT2D eigenvalue weighted by Gasteiger charge is -2.33. The molecular weight excluding hydrogens is 316 g/mol. The Labute approximate surface area is 137 Å². The van der Waals surface area contributed by atoms with Gasteiger partial charge in [-0.2, -0.15) is 11.3 Å². The highest BCUT2D eigenvalue weighted by molar-refractivity contribution is 7.08. The van der Waals surface area contributed by atoms with Crippen molar-refractivity contribution in [2.75, 3.05) is 19.8 Å². The summed E-state index contributed by atoms with van der Waals surface area (Å²) in [5, 5.41) is 13.2. The van der Waals surface area contributed by atoms with E-state index in [1.54, 1.807) is 30.4 Å². The molecule has 6 nitrogen and oxygen atoms in total. The number of carboxylic acids is 1. The van der Waals surface area contributed by atoms with E-state index in [1.165, 1.54) is 4.90 Å². The molecule has 1 unspecified atom stereocenters. The fourth-order valence-corrected chi connectivity index (χ4v) is 3.21. The van der Waals surface area contributed by atoms with Gasteiger partial charge in [-0.05, 0) is 30.5 Å². The third-order valence-corrected chi connectivity index (χ3v) is 4.49. The van der Waals surface area contributed by atoms with Gasteiger partial charge < -0.3 is 14.7 Å². The molecule has 0 bridgehead atoms. The maximum absolute atomic E-state index is 12.7. The van der Waals surface area contributed by atoms with Crippen LogP contribution in [-0.2, 0) is 9.53 Å². The molecular formula is C16H16N2O4S. The molecule has 0 aromatic carbocycles. The van der Waals surface area contributed by atoms with E-state index in [9.17, 15) is 14.7 Å². The third kappa shape index (κ3) is 3.11. The lowest BCUT2D eigenvalue weighted by atomic mass is 10.1. The van der Waals surface area contributed by atoms with Crippen LogP contribution >= 0.6 is 11.3 Å². The van der Waals surface area contributed by atoms with Crippen LogP contribution in [0.25, 0.3) is 11.3 Å². The summed E-state index contributed by atoms with van der Waals surface area (Å²) in [6, 6.07) is 4.52. The molecule has 1 saturated heterocycles. The van der Waals surface area contributed by atoms with Crippen LogP contribution in [0.1, 0.15) is 16.1 Å². The summed E-state index contributed by atoms with van der Waals surface area (Å²) in [6.45, 7) is 2.39. The van der Waals surface area contributed by atoms with Gasteiger partial charge in [0, 0.05) is 17.5 Å². The molecule has 1 aliphatic heterocycles. The Hall–Kier alpha value is -2.25. The van der Waals surface area contributed by atoms with Gasteiger partial charge in [0.25, 0.3) is 5.91 Å². The standard InChI is InChI=1S/C16H16N2O4S/c1-10-12(2-3-13(17-10)11-4-7-23-9-11)15(19)18-5-6-22-8-14(18)16(20)21/h2-4,7,9,14H,5-6,8H2,1H3,(H,20,21). The summed E-state index contributed by atoms with van der Waals surface area (Å²) < 4.78 is 5.17. The second-order valence-electron chi connectivity index (χ2n) is 5.27. The van der Waals surface area contributed by atoms with Crippen LogP contribution in [-0.4, -0.2) is 52.7 Å². The van der Waals surface area contributed by atoms with Gasteiger partial charge in [0.2, 0.25) is 0 Å². The Balaban J connectivity index is 1.88. The maximum Gasteiger partial charge on any atom is 0.328 e. The number of hydrogen-bond donors (Lipinski definition) is 1. The van der Waals surface area contributed by atoms with E-state index in [2.05, 4.69) is 4.98 Å². The average Bonchev–Trinajstić information content (AvgIpc) is 3.08. The monoisotopic (exact) mass is 332 g/mol. The number of carbonyl (C=O) groups excluding carboxylic acids is 1. The summed E-state index contributed by atoms with van der Waals surface area (Å²) in [5.41, 5.74) is 2.83. The summed E-state index contributed by atoms with van der Waals surface area (Å²) >= 11 is 1.58. The van der Waals surface area contributed by atoms with Crippen LogP contribution in [0.15, 0.2) is 29.0 Å². The lowest BCUT2D eigenvalue weighted by Crippen LogP contribution is -2.52. The van der Waals surface area contributed by atoms with Crippen molar-refractivity contribution in [3.8, 4) is 11.3 Å². The normalized spacial score (nSPS) is 18.0. The molecule has 1 fully saturated rings. The van der Waals surface area contributed by atoms with Gasteiger partial charge in [-0.15, -0.1) is 0 Å². The summed E-state index contributed by atoms with van der Waals surface area (Å²) in [6.07, 6.45) is 0. The first-order valence-electron chi connectivity index (χ1n) is 7.19. The Morgan fingerprint density at radius 2 is 2.22 bits per heavy atom. The molecule has 0 aliphatic carbocycles. The Bertz CT molecular complexity index is 730. The first-order chi connectivity index (χ1) is 11.1. The van der Waals surface area contributed by atoms with E-state index >= 15 is 0 Å². The Kier molecular flexibility index (Phi) is 4.40. The number of carbonyl (C=O) groups is 2. The van der Waals surface area contributed by atoms with E-state index in [0.29, 0.717) is 17.9 Å².